The first-order valence-corrected chi connectivity index (χ1v) is 5.47. The van der Waals surface area contributed by atoms with Gasteiger partial charge in [-0.1, -0.05) is 12.8 Å². The molecule has 0 radical (unpaired) electrons. The van der Waals surface area contributed by atoms with Crippen molar-refractivity contribution in [1.29, 1.82) is 0 Å². The molecule has 0 heterocycles. The first-order valence-electron chi connectivity index (χ1n) is 5.47. The van der Waals surface area contributed by atoms with E-state index in [0.717, 1.165) is 6.54 Å². The van der Waals surface area contributed by atoms with Crippen LogP contribution in [0.1, 0.15) is 32.6 Å². The molecule has 0 atom stereocenters. The Bertz CT molecular complexity index is 168. The Morgan fingerprint density at radius 3 is 2.71 bits per heavy atom. The highest BCUT2D eigenvalue weighted by Gasteiger charge is 2.13. The van der Waals surface area contributed by atoms with Crippen molar-refractivity contribution in [3.8, 4) is 0 Å². The molecular weight excluding hydrogens is 180 g/mol. The van der Waals surface area contributed by atoms with Gasteiger partial charge >= 0.3 is 6.09 Å². The summed E-state index contributed by atoms with van der Waals surface area (Å²) in [5.74, 6) is 0. The third kappa shape index (κ3) is 4.46. The summed E-state index contributed by atoms with van der Waals surface area (Å²) in [6.45, 7) is 3.72. The number of rotatable bonds is 5. The number of nitrogens with one attached hydrogen (secondary N) is 2. The van der Waals surface area contributed by atoms with Crippen molar-refractivity contribution in [2.75, 3.05) is 19.7 Å². The lowest BCUT2D eigenvalue weighted by Gasteiger charge is -2.11. The molecular formula is C10H20N2O2. The van der Waals surface area contributed by atoms with Gasteiger partial charge in [-0.3, -0.25) is 0 Å². The number of hydrogen-bond acceptors (Lipinski definition) is 3. The molecule has 0 aliphatic heterocycles. The molecule has 14 heavy (non-hydrogen) atoms. The fraction of sp³-hybridized carbons (Fsp3) is 0.900. The van der Waals surface area contributed by atoms with Gasteiger partial charge in [0.05, 0.1) is 6.61 Å². The van der Waals surface area contributed by atoms with Crippen LogP contribution in [0.25, 0.3) is 0 Å². The summed E-state index contributed by atoms with van der Waals surface area (Å²) in [5.41, 5.74) is 0. The number of hydrogen-bond donors (Lipinski definition) is 2. The maximum absolute atomic E-state index is 10.9. The average Bonchev–Trinajstić information content (AvgIpc) is 2.65. The van der Waals surface area contributed by atoms with E-state index in [0.29, 0.717) is 19.2 Å². The highest BCUT2D eigenvalue weighted by molar-refractivity contribution is 5.66. The van der Waals surface area contributed by atoms with Crippen LogP contribution in [-0.2, 0) is 4.74 Å². The van der Waals surface area contributed by atoms with Gasteiger partial charge in [-0.25, -0.2) is 4.79 Å². The Hall–Kier alpha value is -0.770. The summed E-state index contributed by atoms with van der Waals surface area (Å²) < 4.78 is 4.74. The highest BCUT2D eigenvalue weighted by Crippen LogP contribution is 2.16. The van der Waals surface area contributed by atoms with Crippen molar-refractivity contribution in [3.63, 3.8) is 0 Å². The molecule has 1 fully saturated rings. The van der Waals surface area contributed by atoms with Crippen LogP contribution in [0.4, 0.5) is 4.79 Å². The zero-order valence-electron chi connectivity index (χ0n) is 8.84. The van der Waals surface area contributed by atoms with Gasteiger partial charge in [-0.15, -0.1) is 0 Å². The van der Waals surface area contributed by atoms with Crippen LogP contribution >= 0.6 is 0 Å². The largest absolute Gasteiger partial charge is 0.450 e. The van der Waals surface area contributed by atoms with E-state index in [1.165, 1.54) is 25.7 Å². The van der Waals surface area contributed by atoms with Crippen LogP contribution in [0.15, 0.2) is 0 Å². The number of carbonyl (C=O) groups excluding carboxylic acids is 1. The minimum absolute atomic E-state index is 0.319. The average molecular weight is 200 g/mol. The first kappa shape index (κ1) is 11.3. The Kier molecular flexibility index (Phi) is 5.37. The molecule has 0 saturated heterocycles. The number of carbonyl (C=O) groups is 1. The minimum Gasteiger partial charge on any atom is -0.450 e. The summed E-state index contributed by atoms with van der Waals surface area (Å²) in [7, 11) is 0. The molecule has 1 aliphatic rings. The molecule has 82 valence electrons. The Morgan fingerprint density at radius 1 is 1.36 bits per heavy atom. The number of alkyl carbamates (subject to hydrolysis) is 1. The first-order chi connectivity index (χ1) is 6.83. The van der Waals surface area contributed by atoms with E-state index in [9.17, 15) is 4.79 Å². The van der Waals surface area contributed by atoms with E-state index in [1.54, 1.807) is 6.92 Å². The van der Waals surface area contributed by atoms with E-state index in [1.807, 2.05) is 0 Å². The second-order valence-electron chi connectivity index (χ2n) is 3.58. The van der Waals surface area contributed by atoms with Crippen LogP contribution in [0.3, 0.4) is 0 Å². The van der Waals surface area contributed by atoms with Crippen molar-refractivity contribution >= 4 is 6.09 Å². The predicted molar refractivity (Wildman–Crippen MR) is 55.3 cm³/mol. The molecule has 4 heteroatoms. The van der Waals surface area contributed by atoms with Gasteiger partial charge < -0.3 is 15.4 Å². The molecule has 4 nitrogen and oxygen atoms in total. The quantitative estimate of drug-likeness (QED) is 0.657. The molecule has 0 bridgehead atoms. The van der Waals surface area contributed by atoms with E-state index in [2.05, 4.69) is 10.6 Å². The number of amides is 1. The predicted octanol–water partition coefficient (Wildman–Crippen LogP) is 1.26. The second kappa shape index (κ2) is 6.65. The SMILES string of the molecule is CCOC(=O)NCCNC1CCCC1. The third-order valence-electron chi connectivity index (χ3n) is 2.46. The second-order valence-corrected chi connectivity index (χ2v) is 3.58. The van der Waals surface area contributed by atoms with Crippen LogP contribution in [0.2, 0.25) is 0 Å². The maximum atomic E-state index is 10.9. The van der Waals surface area contributed by atoms with Gasteiger partial charge in [0, 0.05) is 19.1 Å². The van der Waals surface area contributed by atoms with Crippen LogP contribution < -0.4 is 10.6 Å². The van der Waals surface area contributed by atoms with Crippen molar-refractivity contribution in [2.24, 2.45) is 0 Å². The zero-order chi connectivity index (χ0) is 10.2. The van der Waals surface area contributed by atoms with Gasteiger partial charge in [0.1, 0.15) is 0 Å². The smallest absolute Gasteiger partial charge is 0.407 e. The fourth-order valence-corrected chi connectivity index (χ4v) is 1.75. The molecule has 0 unspecified atom stereocenters. The van der Waals surface area contributed by atoms with Gasteiger partial charge in [-0.2, -0.15) is 0 Å². The Balaban J connectivity index is 1.90. The molecule has 0 aromatic rings. The standard InChI is InChI=1S/C10H20N2O2/c1-2-14-10(13)12-8-7-11-9-5-3-4-6-9/h9,11H,2-8H2,1H3,(H,12,13). The van der Waals surface area contributed by atoms with Crippen LogP contribution in [-0.4, -0.2) is 31.8 Å². The summed E-state index contributed by atoms with van der Waals surface area (Å²) in [4.78, 5) is 10.9. The van der Waals surface area contributed by atoms with Crippen molar-refractivity contribution in [3.05, 3.63) is 0 Å². The summed E-state index contributed by atoms with van der Waals surface area (Å²) in [6, 6.07) is 0.666. The molecule has 0 aromatic heterocycles. The molecule has 1 rings (SSSR count). The normalized spacial score (nSPS) is 16.9. The van der Waals surface area contributed by atoms with Gasteiger partial charge in [0.2, 0.25) is 0 Å². The van der Waals surface area contributed by atoms with Gasteiger partial charge in [0.25, 0.3) is 0 Å². The molecule has 1 amide bonds. The highest BCUT2D eigenvalue weighted by atomic mass is 16.5. The monoisotopic (exact) mass is 200 g/mol. The Morgan fingerprint density at radius 2 is 2.07 bits per heavy atom. The number of ether oxygens (including phenoxy) is 1. The fourth-order valence-electron chi connectivity index (χ4n) is 1.75. The summed E-state index contributed by atoms with van der Waals surface area (Å²) >= 11 is 0. The van der Waals surface area contributed by atoms with E-state index < -0.39 is 0 Å². The topological polar surface area (TPSA) is 50.4 Å². The molecule has 0 spiro atoms. The molecule has 1 aliphatic carbocycles. The lowest BCUT2D eigenvalue weighted by atomic mass is 10.2. The van der Waals surface area contributed by atoms with E-state index in [-0.39, 0.29) is 6.09 Å². The van der Waals surface area contributed by atoms with Crippen molar-refractivity contribution in [2.45, 2.75) is 38.6 Å². The zero-order valence-corrected chi connectivity index (χ0v) is 8.84. The maximum Gasteiger partial charge on any atom is 0.407 e. The van der Waals surface area contributed by atoms with E-state index >= 15 is 0 Å². The lowest BCUT2D eigenvalue weighted by molar-refractivity contribution is 0.152. The minimum atomic E-state index is -0.319. The van der Waals surface area contributed by atoms with Crippen molar-refractivity contribution in [1.82, 2.24) is 10.6 Å². The van der Waals surface area contributed by atoms with Gasteiger partial charge in [0.15, 0.2) is 0 Å². The molecule has 2 N–H and O–H groups in total. The molecule has 1 saturated carbocycles. The van der Waals surface area contributed by atoms with Gasteiger partial charge in [-0.05, 0) is 19.8 Å². The lowest BCUT2D eigenvalue weighted by Crippen LogP contribution is -2.36. The summed E-state index contributed by atoms with van der Waals surface area (Å²) in [6.07, 6.45) is 4.91. The third-order valence-corrected chi connectivity index (χ3v) is 2.46. The van der Waals surface area contributed by atoms with Crippen LogP contribution in [0.5, 0.6) is 0 Å². The van der Waals surface area contributed by atoms with Crippen LogP contribution in [0, 0.1) is 0 Å². The summed E-state index contributed by atoms with van der Waals surface area (Å²) in [5, 5.41) is 6.09. The van der Waals surface area contributed by atoms with E-state index in [4.69, 9.17) is 4.74 Å². The Labute approximate surface area is 85.4 Å². The van der Waals surface area contributed by atoms with Crippen molar-refractivity contribution < 1.29 is 9.53 Å². The molecule has 0 aromatic carbocycles.